The summed E-state index contributed by atoms with van der Waals surface area (Å²) in [4.78, 5) is 4.28. The second-order valence-corrected chi connectivity index (χ2v) is 2.53. The van der Waals surface area contributed by atoms with E-state index in [-0.39, 0.29) is 0 Å². The molecule has 2 rings (SSSR count). The lowest BCUT2D eigenvalue weighted by Crippen LogP contribution is -1.89. The highest BCUT2D eigenvalue weighted by atomic mass is 14.7. The highest BCUT2D eigenvalue weighted by Crippen LogP contribution is 2.11. The minimum atomic E-state index is 0.948. The Morgan fingerprint density at radius 2 is 2.08 bits per heavy atom. The molecule has 1 aromatic heterocycles. The molecule has 0 saturated heterocycles. The quantitative estimate of drug-likeness (QED) is 0.587. The highest BCUT2D eigenvalue weighted by Gasteiger charge is 1.98. The van der Waals surface area contributed by atoms with Gasteiger partial charge in [0, 0.05) is 12.6 Å². The van der Waals surface area contributed by atoms with Crippen LogP contribution in [0.15, 0.2) is 36.6 Å². The van der Waals surface area contributed by atoms with Crippen LogP contribution in [0.2, 0.25) is 0 Å². The third-order valence-electron chi connectivity index (χ3n) is 1.76. The van der Waals surface area contributed by atoms with E-state index >= 15 is 0 Å². The minimum Gasteiger partial charge on any atom is -0.260 e. The molecule has 0 unspecified atom stereocenters. The van der Waals surface area contributed by atoms with Crippen molar-refractivity contribution in [3.8, 4) is 0 Å². The van der Waals surface area contributed by atoms with E-state index in [4.69, 9.17) is 0 Å². The molecule has 68 valence electrons. The number of nitrogens with zero attached hydrogens (tertiary/aromatic N) is 1. The van der Waals surface area contributed by atoms with Crippen LogP contribution in [0.1, 0.15) is 25.1 Å². The fourth-order valence-electron chi connectivity index (χ4n) is 1.19. The Hall–Kier alpha value is -1.37. The van der Waals surface area contributed by atoms with Gasteiger partial charge in [-0.25, -0.2) is 0 Å². The third kappa shape index (κ3) is 2.55. The predicted molar refractivity (Wildman–Crippen MR) is 57.5 cm³/mol. The van der Waals surface area contributed by atoms with Gasteiger partial charge in [0.15, 0.2) is 0 Å². The van der Waals surface area contributed by atoms with Crippen molar-refractivity contribution in [2.75, 3.05) is 0 Å². The van der Waals surface area contributed by atoms with Gasteiger partial charge in [-0.2, -0.15) is 0 Å². The number of allylic oxidation sites excluding steroid dienone is 3. The maximum atomic E-state index is 4.28. The first-order chi connectivity index (χ1) is 6.47. The molecule has 1 heteroatoms. The monoisotopic (exact) mass is 173 g/mol. The maximum Gasteiger partial charge on any atom is 0.0513 e. The van der Waals surface area contributed by atoms with Crippen LogP contribution in [0.25, 0.3) is 6.08 Å². The summed E-state index contributed by atoms with van der Waals surface area (Å²) in [7, 11) is 0. The Labute approximate surface area is 79.8 Å². The van der Waals surface area contributed by atoms with Crippen molar-refractivity contribution in [1.29, 1.82) is 0 Å². The van der Waals surface area contributed by atoms with Crippen molar-refractivity contribution in [1.82, 2.24) is 4.98 Å². The number of rotatable bonds is 0. The molecular weight excluding hydrogens is 158 g/mol. The highest BCUT2D eigenvalue weighted by molar-refractivity contribution is 5.55. The lowest BCUT2D eigenvalue weighted by Gasteiger charge is -1.98. The lowest BCUT2D eigenvalue weighted by atomic mass is 10.1. The average molecular weight is 173 g/mol. The number of hydrogen-bond acceptors (Lipinski definition) is 1. The van der Waals surface area contributed by atoms with Crippen LogP contribution in [-0.2, 0) is 6.42 Å². The minimum absolute atomic E-state index is 0.948. The van der Waals surface area contributed by atoms with Crippen LogP contribution in [0.3, 0.4) is 0 Å². The van der Waals surface area contributed by atoms with E-state index in [0.29, 0.717) is 0 Å². The van der Waals surface area contributed by atoms with E-state index in [1.807, 2.05) is 32.2 Å². The van der Waals surface area contributed by atoms with Gasteiger partial charge in [0.2, 0.25) is 0 Å². The smallest absolute Gasteiger partial charge is 0.0513 e. The lowest BCUT2D eigenvalue weighted by molar-refractivity contribution is 1.10. The number of aromatic nitrogens is 1. The number of pyridine rings is 1. The van der Waals surface area contributed by atoms with Gasteiger partial charge in [0.05, 0.1) is 5.69 Å². The second-order valence-electron chi connectivity index (χ2n) is 2.53. The summed E-state index contributed by atoms with van der Waals surface area (Å²) in [6, 6.07) is 4.06. The average Bonchev–Trinajstić information content (AvgIpc) is 2.45. The van der Waals surface area contributed by atoms with E-state index in [1.165, 1.54) is 5.56 Å². The Bertz CT molecular complexity index is 311. The molecule has 0 aliphatic heterocycles. The zero-order valence-corrected chi connectivity index (χ0v) is 8.20. The van der Waals surface area contributed by atoms with Gasteiger partial charge < -0.3 is 0 Å². The first kappa shape index (κ1) is 9.72. The first-order valence-electron chi connectivity index (χ1n) is 4.74. The molecule has 1 nitrogen and oxygen atoms in total. The Morgan fingerprint density at radius 1 is 1.23 bits per heavy atom. The van der Waals surface area contributed by atoms with E-state index in [9.17, 15) is 0 Å². The summed E-state index contributed by atoms with van der Waals surface area (Å²) < 4.78 is 0. The third-order valence-corrected chi connectivity index (χ3v) is 1.76. The van der Waals surface area contributed by atoms with Crippen molar-refractivity contribution in [3.63, 3.8) is 0 Å². The van der Waals surface area contributed by atoms with Crippen LogP contribution in [-0.4, -0.2) is 4.98 Å². The van der Waals surface area contributed by atoms with E-state index in [0.717, 1.165) is 12.1 Å². The predicted octanol–water partition coefficient (Wildman–Crippen LogP) is 3.23. The molecule has 1 heterocycles. The molecule has 1 aliphatic rings. The SMILES string of the molecule is C1=CCc2ncccc2C=C1.CC. The second kappa shape index (κ2) is 5.31. The van der Waals surface area contributed by atoms with Crippen LogP contribution in [0, 0.1) is 0 Å². The Balaban J connectivity index is 0.000000396. The molecule has 0 saturated carbocycles. The van der Waals surface area contributed by atoms with Gasteiger partial charge in [-0.05, 0) is 11.6 Å². The molecule has 1 aromatic rings. The van der Waals surface area contributed by atoms with Crippen LogP contribution >= 0.6 is 0 Å². The van der Waals surface area contributed by atoms with E-state index < -0.39 is 0 Å². The normalized spacial score (nSPS) is 12.5. The standard InChI is InChI=1S/C10H9N.C2H6/c1-2-5-9-6-4-8-11-10(9)7-3-1;1-2/h1-6,8H,7H2;1-2H3. The van der Waals surface area contributed by atoms with Crippen LogP contribution in [0.4, 0.5) is 0 Å². The van der Waals surface area contributed by atoms with Gasteiger partial charge >= 0.3 is 0 Å². The molecule has 0 N–H and O–H groups in total. The fraction of sp³-hybridized carbons (Fsp3) is 0.250. The molecule has 0 amide bonds. The summed E-state index contributed by atoms with van der Waals surface area (Å²) in [5.41, 5.74) is 2.40. The summed E-state index contributed by atoms with van der Waals surface area (Å²) in [6.45, 7) is 4.00. The Kier molecular flexibility index (Phi) is 3.97. The molecule has 0 fully saturated rings. The molecule has 0 bridgehead atoms. The number of fused-ring (bicyclic) bond motifs is 1. The van der Waals surface area contributed by atoms with Gasteiger partial charge in [-0.3, -0.25) is 4.98 Å². The largest absolute Gasteiger partial charge is 0.260 e. The summed E-state index contributed by atoms with van der Waals surface area (Å²) in [5.74, 6) is 0. The van der Waals surface area contributed by atoms with Crippen LogP contribution in [0.5, 0.6) is 0 Å². The Morgan fingerprint density at radius 3 is 2.92 bits per heavy atom. The fourth-order valence-corrected chi connectivity index (χ4v) is 1.19. The molecule has 0 atom stereocenters. The zero-order chi connectivity index (χ0) is 9.52. The van der Waals surface area contributed by atoms with Gasteiger partial charge in [0.25, 0.3) is 0 Å². The van der Waals surface area contributed by atoms with E-state index in [2.05, 4.69) is 29.3 Å². The molecule has 1 aliphatic carbocycles. The maximum absolute atomic E-state index is 4.28. The molecule has 13 heavy (non-hydrogen) atoms. The van der Waals surface area contributed by atoms with Crippen molar-refractivity contribution in [2.24, 2.45) is 0 Å². The molecule has 0 aromatic carbocycles. The molecule has 0 spiro atoms. The summed E-state index contributed by atoms with van der Waals surface area (Å²) in [6.07, 6.45) is 11.1. The topological polar surface area (TPSA) is 12.9 Å². The van der Waals surface area contributed by atoms with E-state index in [1.54, 1.807) is 0 Å². The molecular formula is C12H15N. The van der Waals surface area contributed by atoms with Crippen molar-refractivity contribution in [2.45, 2.75) is 20.3 Å². The zero-order valence-electron chi connectivity index (χ0n) is 8.20. The van der Waals surface area contributed by atoms with Crippen molar-refractivity contribution < 1.29 is 0 Å². The van der Waals surface area contributed by atoms with Gasteiger partial charge in [-0.1, -0.05) is 44.2 Å². The summed E-state index contributed by atoms with van der Waals surface area (Å²) >= 11 is 0. The van der Waals surface area contributed by atoms with Gasteiger partial charge in [0.1, 0.15) is 0 Å². The van der Waals surface area contributed by atoms with Crippen molar-refractivity contribution >= 4 is 6.08 Å². The first-order valence-corrected chi connectivity index (χ1v) is 4.74. The molecule has 0 radical (unpaired) electrons. The number of hydrogen-bond donors (Lipinski definition) is 0. The van der Waals surface area contributed by atoms with Gasteiger partial charge in [-0.15, -0.1) is 0 Å². The van der Waals surface area contributed by atoms with Crippen molar-refractivity contribution in [3.05, 3.63) is 47.8 Å². The van der Waals surface area contributed by atoms with Crippen LogP contribution < -0.4 is 0 Å². The summed E-state index contributed by atoms with van der Waals surface area (Å²) in [5, 5.41) is 0.